The molecule has 0 saturated carbocycles. The van der Waals surface area contributed by atoms with E-state index in [1.54, 1.807) is 11.3 Å². The van der Waals surface area contributed by atoms with Gasteiger partial charge in [0.15, 0.2) is 5.82 Å². The van der Waals surface area contributed by atoms with Crippen LogP contribution in [0.25, 0.3) is 10.7 Å². The lowest BCUT2D eigenvalue weighted by Gasteiger charge is -1.87. The maximum Gasteiger partial charge on any atom is 0.193 e. The van der Waals surface area contributed by atoms with Crippen molar-refractivity contribution in [1.82, 2.24) is 20.2 Å². The fourth-order valence-electron chi connectivity index (χ4n) is 1.18. The summed E-state index contributed by atoms with van der Waals surface area (Å²) in [4.78, 5) is 9.64. The van der Waals surface area contributed by atoms with Crippen LogP contribution in [-0.4, -0.2) is 20.2 Å². The van der Waals surface area contributed by atoms with Crippen molar-refractivity contribution in [2.75, 3.05) is 0 Å². The van der Waals surface area contributed by atoms with E-state index in [1.165, 1.54) is 0 Å². The number of hydrogen-bond donors (Lipinski definition) is 1. The predicted molar refractivity (Wildman–Crippen MR) is 51.7 cm³/mol. The molecular weight excluding hydrogens is 184 g/mol. The van der Waals surface area contributed by atoms with Crippen molar-refractivity contribution in [3.05, 3.63) is 16.5 Å². The van der Waals surface area contributed by atoms with E-state index in [4.69, 9.17) is 0 Å². The highest BCUT2D eigenvalue weighted by Crippen LogP contribution is 2.26. The van der Waals surface area contributed by atoms with Crippen molar-refractivity contribution in [2.24, 2.45) is 0 Å². The summed E-state index contributed by atoms with van der Waals surface area (Å²) in [6, 6.07) is 0. The van der Waals surface area contributed by atoms with Crippen molar-refractivity contribution in [3.8, 4) is 10.7 Å². The summed E-state index contributed by atoms with van der Waals surface area (Å²) < 4.78 is 0. The Morgan fingerprint density at radius 3 is 2.38 bits per heavy atom. The molecule has 2 aromatic heterocycles. The molecule has 0 spiro atoms. The number of thiazole rings is 1. The maximum atomic E-state index is 4.32. The Morgan fingerprint density at radius 1 is 1.15 bits per heavy atom. The summed E-state index contributed by atoms with van der Waals surface area (Å²) in [7, 11) is 0. The minimum Gasteiger partial charge on any atom is -0.263 e. The lowest BCUT2D eigenvalue weighted by molar-refractivity contribution is 1.04. The minimum atomic E-state index is 0.751. The quantitative estimate of drug-likeness (QED) is 0.753. The Kier molecular flexibility index (Phi) is 1.88. The van der Waals surface area contributed by atoms with E-state index in [0.717, 1.165) is 27.2 Å². The van der Waals surface area contributed by atoms with Crippen LogP contribution in [0.4, 0.5) is 0 Å². The zero-order chi connectivity index (χ0) is 9.42. The zero-order valence-corrected chi connectivity index (χ0v) is 8.57. The summed E-state index contributed by atoms with van der Waals surface area (Å²) in [5, 5.41) is 7.97. The van der Waals surface area contributed by atoms with Crippen molar-refractivity contribution in [2.45, 2.75) is 20.8 Å². The first kappa shape index (κ1) is 8.37. The molecule has 2 aromatic rings. The molecule has 0 aromatic carbocycles. The van der Waals surface area contributed by atoms with Crippen LogP contribution in [0.1, 0.15) is 16.5 Å². The van der Waals surface area contributed by atoms with Crippen molar-refractivity contribution in [1.29, 1.82) is 0 Å². The molecule has 0 saturated heterocycles. The third kappa shape index (κ3) is 1.47. The van der Waals surface area contributed by atoms with Crippen LogP contribution >= 0.6 is 11.3 Å². The van der Waals surface area contributed by atoms with Crippen molar-refractivity contribution in [3.63, 3.8) is 0 Å². The first-order valence-corrected chi connectivity index (χ1v) is 4.82. The summed E-state index contributed by atoms with van der Waals surface area (Å²) in [6.07, 6.45) is 0. The summed E-state index contributed by atoms with van der Waals surface area (Å²) in [6.45, 7) is 5.85. The van der Waals surface area contributed by atoms with E-state index >= 15 is 0 Å². The van der Waals surface area contributed by atoms with Gasteiger partial charge in [-0.05, 0) is 20.8 Å². The second-order valence-corrected chi connectivity index (χ2v) is 4.10. The lowest BCUT2D eigenvalue weighted by atomic mass is 10.4. The van der Waals surface area contributed by atoms with Crippen molar-refractivity contribution >= 4 is 11.3 Å². The normalized spacial score (nSPS) is 10.7. The highest BCUT2D eigenvalue weighted by molar-refractivity contribution is 7.15. The third-order valence-corrected chi connectivity index (χ3v) is 2.77. The Labute approximate surface area is 80.1 Å². The van der Waals surface area contributed by atoms with Gasteiger partial charge in [-0.25, -0.2) is 9.97 Å². The monoisotopic (exact) mass is 194 g/mol. The van der Waals surface area contributed by atoms with Gasteiger partial charge in [0.05, 0.1) is 15.6 Å². The molecule has 1 N–H and O–H groups in total. The van der Waals surface area contributed by atoms with Gasteiger partial charge in [0.2, 0.25) is 0 Å². The first-order chi connectivity index (χ1) is 6.16. The second-order valence-electron chi connectivity index (χ2n) is 2.89. The molecule has 0 aliphatic carbocycles. The molecule has 0 amide bonds. The molecule has 2 heterocycles. The molecule has 68 valence electrons. The Bertz CT molecular complexity index is 429. The topological polar surface area (TPSA) is 54.5 Å². The van der Waals surface area contributed by atoms with Crippen LogP contribution in [0.15, 0.2) is 0 Å². The van der Waals surface area contributed by atoms with E-state index in [0.29, 0.717) is 0 Å². The third-order valence-electron chi connectivity index (χ3n) is 1.70. The number of aromatic amines is 1. The van der Waals surface area contributed by atoms with Gasteiger partial charge in [-0.15, -0.1) is 11.3 Å². The van der Waals surface area contributed by atoms with Gasteiger partial charge < -0.3 is 0 Å². The fourth-order valence-corrected chi connectivity index (χ4v) is 2.04. The summed E-state index contributed by atoms with van der Waals surface area (Å²) >= 11 is 1.62. The Balaban J connectivity index is 2.51. The first-order valence-electron chi connectivity index (χ1n) is 4.00. The number of H-pyrrole nitrogens is 1. The maximum absolute atomic E-state index is 4.32. The summed E-state index contributed by atoms with van der Waals surface area (Å²) in [5.74, 6) is 1.58. The van der Waals surface area contributed by atoms with Crippen LogP contribution in [0, 0.1) is 20.8 Å². The van der Waals surface area contributed by atoms with E-state index < -0.39 is 0 Å². The SMILES string of the molecule is Cc1nc(-c2sc(C)nc2C)n[nH]1. The highest BCUT2D eigenvalue weighted by atomic mass is 32.1. The van der Waals surface area contributed by atoms with E-state index in [1.807, 2.05) is 20.8 Å². The minimum absolute atomic E-state index is 0.751. The fraction of sp³-hybridized carbons (Fsp3) is 0.375. The van der Waals surface area contributed by atoms with Gasteiger partial charge in [0.1, 0.15) is 5.82 Å². The van der Waals surface area contributed by atoms with Crippen LogP contribution in [-0.2, 0) is 0 Å². The average Bonchev–Trinajstić information content (AvgIpc) is 2.58. The van der Waals surface area contributed by atoms with Gasteiger partial charge in [0, 0.05) is 0 Å². The van der Waals surface area contributed by atoms with E-state index in [-0.39, 0.29) is 0 Å². The van der Waals surface area contributed by atoms with Crippen LogP contribution < -0.4 is 0 Å². The molecule has 4 nitrogen and oxygen atoms in total. The van der Waals surface area contributed by atoms with Gasteiger partial charge in [-0.1, -0.05) is 0 Å². The highest BCUT2D eigenvalue weighted by Gasteiger charge is 2.10. The van der Waals surface area contributed by atoms with Crippen molar-refractivity contribution < 1.29 is 0 Å². The van der Waals surface area contributed by atoms with Gasteiger partial charge in [-0.3, -0.25) is 5.10 Å². The molecule has 2 rings (SSSR count). The molecule has 0 radical (unpaired) electrons. The number of nitrogens with one attached hydrogen (secondary N) is 1. The second kappa shape index (κ2) is 2.92. The smallest absolute Gasteiger partial charge is 0.193 e. The molecule has 0 aliphatic rings. The molecule has 5 heteroatoms. The molecule has 0 fully saturated rings. The number of aryl methyl sites for hydroxylation is 3. The molecule has 0 atom stereocenters. The van der Waals surface area contributed by atoms with E-state index in [9.17, 15) is 0 Å². The van der Waals surface area contributed by atoms with Gasteiger partial charge >= 0.3 is 0 Å². The van der Waals surface area contributed by atoms with Gasteiger partial charge in [0.25, 0.3) is 0 Å². The number of aromatic nitrogens is 4. The number of hydrogen-bond acceptors (Lipinski definition) is 4. The predicted octanol–water partition coefficient (Wildman–Crippen LogP) is 1.85. The molecule has 0 unspecified atom stereocenters. The molecule has 13 heavy (non-hydrogen) atoms. The molecule has 0 aliphatic heterocycles. The lowest BCUT2D eigenvalue weighted by Crippen LogP contribution is -1.80. The standard InChI is InChI=1S/C8H10N4S/c1-4-7(13-6(3)9-4)8-10-5(2)11-12-8/h1-3H3,(H,10,11,12). The largest absolute Gasteiger partial charge is 0.263 e. The zero-order valence-electron chi connectivity index (χ0n) is 7.75. The average molecular weight is 194 g/mol. The van der Waals surface area contributed by atoms with E-state index in [2.05, 4.69) is 20.2 Å². The van der Waals surface area contributed by atoms with Crippen LogP contribution in [0.2, 0.25) is 0 Å². The van der Waals surface area contributed by atoms with Crippen LogP contribution in [0.5, 0.6) is 0 Å². The molecule has 0 bridgehead atoms. The Hall–Kier alpha value is -1.23. The van der Waals surface area contributed by atoms with Crippen LogP contribution in [0.3, 0.4) is 0 Å². The number of rotatable bonds is 1. The molecular formula is C8H10N4S. The van der Waals surface area contributed by atoms with Gasteiger partial charge in [-0.2, -0.15) is 5.10 Å². The number of nitrogens with zero attached hydrogens (tertiary/aromatic N) is 3. The Morgan fingerprint density at radius 2 is 1.92 bits per heavy atom. The summed E-state index contributed by atoms with van der Waals surface area (Å²) in [5.41, 5.74) is 1.00.